The van der Waals surface area contributed by atoms with Crippen LogP contribution in [0.4, 0.5) is 18.9 Å². The Morgan fingerprint density at radius 1 is 1.25 bits per heavy atom. The van der Waals surface area contributed by atoms with Crippen LogP contribution in [0.5, 0.6) is 0 Å². The first-order chi connectivity index (χ1) is 13.0. The third-order valence-corrected chi connectivity index (χ3v) is 3.73. The molecule has 2 amide bonds. The molecule has 0 radical (unpaired) electrons. The molecule has 2 aromatic rings. The molecule has 28 heavy (non-hydrogen) atoms. The number of nitrogens with zero attached hydrogens (tertiary/aromatic N) is 4. The second-order valence-electron chi connectivity index (χ2n) is 6.73. The van der Waals surface area contributed by atoms with Crippen molar-refractivity contribution in [3.63, 3.8) is 0 Å². The highest BCUT2D eigenvalue weighted by Crippen LogP contribution is 2.29. The van der Waals surface area contributed by atoms with Gasteiger partial charge in [0, 0.05) is 19.3 Å². The van der Waals surface area contributed by atoms with Gasteiger partial charge in [-0.1, -0.05) is 13.8 Å². The molecule has 0 unspecified atom stereocenters. The quantitative estimate of drug-likeness (QED) is 0.747. The van der Waals surface area contributed by atoms with E-state index in [4.69, 9.17) is 0 Å². The molecule has 0 aliphatic heterocycles. The summed E-state index contributed by atoms with van der Waals surface area (Å²) in [4.78, 5) is 24.6. The van der Waals surface area contributed by atoms with Crippen molar-refractivity contribution in [2.75, 3.05) is 11.9 Å². The van der Waals surface area contributed by atoms with Gasteiger partial charge >= 0.3 is 6.18 Å². The Balaban J connectivity index is 2.18. The Kier molecular flexibility index (Phi) is 6.47. The van der Waals surface area contributed by atoms with Gasteiger partial charge in [-0.3, -0.25) is 19.0 Å². The van der Waals surface area contributed by atoms with Gasteiger partial charge in [-0.15, -0.1) is 0 Å². The van der Waals surface area contributed by atoms with E-state index in [9.17, 15) is 22.8 Å². The van der Waals surface area contributed by atoms with Gasteiger partial charge < -0.3 is 10.6 Å². The minimum Gasteiger partial charge on any atom is -0.350 e. The summed E-state index contributed by atoms with van der Waals surface area (Å²) in [6.07, 6.45) is -3.17. The van der Waals surface area contributed by atoms with E-state index in [0.717, 1.165) is 6.07 Å². The smallest absolute Gasteiger partial charge is 0.350 e. The van der Waals surface area contributed by atoms with E-state index in [2.05, 4.69) is 20.8 Å². The highest BCUT2D eigenvalue weighted by Gasteiger charge is 2.36. The van der Waals surface area contributed by atoms with E-state index in [0.29, 0.717) is 17.8 Å². The molecule has 0 saturated carbocycles. The molecule has 11 heteroatoms. The van der Waals surface area contributed by atoms with Gasteiger partial charge in [-0.2, -0.15) is 23.4 Å². The zero-order valence-corrected chi connectivity index (χ0v) is 16.1. The molecule has 0 spiro atoms. The zero-order chi connectivity index (χ0) is 21.1. The Morgan fingerprint density at radius 2 is 1.93 bits per heavy atom. The van der Waals surface area contributed by atoms with Crippen molar-refractivity contribution in [1.29, 1.82) is 0 Å². The van der Waals surface area contributed by atoms with E-state index < -0.39 is 30.2 Å². The number of carbonyl (C=O) groups excluding carboxylic acids is 2. The number of aromatic nitrogens is 4. The fraction of sp³-hybridized carbons (Fsp3) is 0.529. The molecule has 0 bridgehead atoms. The number of halogens is 3. The highest BCUT2D eigenvalue weighted by atomic mass is 19.4. The third-order valence-electron chi connectivity index (χ3n) is 3.73. The molecule has 0 saturated heterocycles. The summed E-state index contributed by atoms with van der Waals surface area (Å²) in [5.41, 5.74) is -0.735. The summed E-state index contributed by atoms with van der Waals surface area (Å²) in [7, 11) is 0. The topological polar surface area (TPSA) is 93.8 Å². The van der Waals surface area contributed by atoms with Crippen LogP contribution < -0.4 is 10.6 Å². The lowest BCUT2D eigenvalue weighted by molar-refractivity contribution is -0.144. The number of carbonyl (C=O) groups is 2. The number of hydrogen-bond acceptors (Lipinski definition) is 4. The number of nitrogens with one attached hydrogen (secondary N) is 2. The average molecular weight is 400 g/mol. The summed E-state index contributed by atoms with van der Waals surface area (Å²) < 4.78 is 41.2. The van der Waals surface area contributed by atoms with Crippen LogP contribution in [0.15, 0.2) is 12.3 Å². The molecule has 0 fully saturated rings. The molecule has 0 aliphatic carbocycles. The molecule has 8 nitrogen and oxygen atoms in total. The van der Waals surface area contributed by atoms with Crippen molar-refractivity contribution in [2.45, 2.75) is 47.0 Å². The summed E-state index contributed by atoms with van der Waals surface area (Å²) >= 11 is 0. The molecule has 2 rings (SSSR count). The van der Waals surface area contributed by atoms with Gasteiger partial charge in [0.15, 0.2) is 5.69 Å². The normalized spacial score (nSPS) is 11.7. The molecular weight excluding hydrogens is 377 g/mol. The predicted octanol–water partition coefficient (Wildman–Crippen LogP) is 2.45. The van der Waals surface area contributed by atoms with Crippen LogP contribution in [-0.2, 0) is 24.1 Å². The lowest BCUT2D eigenvalue weighted by Gasteiger charge is -2.11. The van der Waals surface area contributed by atoms with E-state index in [1.54, 1.807) is 6.92 Å². The van der Waals surface area contributed by atoms with Crippen molar-refractivity contribution in [3.05, 3.63) is 29.3 Å². The fourth-order valence-electron chi connectivity index (χ4n) is 2.44. The Hall–Kier alpha value is -2.85. The number of rotatable bonds is 7. The maximum Gasteiger partial charge on any atom is 0.433 e. The second kappa shape index (κ2) is 8.44. The monoisotopic (exact) mass is 400 g/mol. The highest BCUT2D eigenvalue weighted by molar-refractivity contribution is 6.02. The zero-order valence-electron chi connectivity index (χ0n) is 16.1. The first-order valence-electron chi connectivity index (χ1n) is 8.78. The molecule has 0 aromatic carbocycles. The number of anilines is 1. The summed E-state index contributed by atoms with van der Waals surface area (Å²) in [6.45, 7) is 7.30. The van der Waals surface area contributed by atoms with Crippen LogP contribution in [0, 0.1) is 12.8 Å². The first kappa shape index (κ1) is 21.5. The van der Waals surface area contributed by atoms with E-state index in [1.807, 2.05) is 13.8 Å². The SMILES string of the molecule is CCn1cc(NC(=O)Cn2nc(C)cc2C(F)(F)F)c(C(=O)NCC(C)C)n1. The van der Waals surface area contributed by atoms with Crippen LogP contribution in [0.2, 0.25) is 0 Å². The molecule has 2 aromatic heterocycles. The predicted molar refractivity (Wildman–Crippen MR) is 95.7 cm³/mol. The lowest BCUT2D eigenvalue weighted by atomic mass is 10.2. The lowest BCUT2D eigenvalue weighted by Crippen LogP contribution is -2.29. The standard InChI is InChI=1S/C17H23F3N6O2/c1-5-25-8-12(15(24-25)16(28)21-7-10(2)3)22-14(27)9-26-13(17(18,19)20)6-11(4)23-26/h6,8,10H,5,7,9H2,1-4H3,(H,21,28)(H,22,27). The van der Waals surface area contributed by atoms with Gasteiger partial charge in [0.05, 0.1) is 11.4 Å². The largest absolute Gasteiger partial charge is 0.433 e. The van der Waals surface area contributed by atoms with E-state index in [1.165, 1.54) is 17.8 Å². The van der Waals surface area contributed by atoms with Crippen molar-refractivity contribution >= 4 is 17.5 Å². The van der Waals surface area contributed by atoms with Gasteiger partial charge in [0.2, 0.25) is 5.91 Å². The summed E-state index contributed by atoms with van der Waals surface area (Å²) in [5.74, 6) is -0.997. The van der Waals surface area contributed by atoms with Crippen molar-refractivity contribution in [2.24, 2.45) is 5.92 Å². The Bertz CT molecular complexity index is 854. The molecule has 0 atom stereocenters. The van der Waals surface area contributed by atoms with Crippen LogP contribution >= 0.6 is 0 Å². The first-order valence-corrected chi connectivity index (χ1v) is 8.78. The van der Waals surface area contributed by atoms with Crippen LogP contribution in [0.25, 0.3) is 0 Å². The van der Waals surface area contributed by atoms with Crippen molar-refractivity contribution in [1.82, 2.24) is 24.9 Å². The van der Waals surface area contributed by atoms with Crippen molar-refractivity contribution < 1.29 is 22.8 Å². The fourth-order valence-corrected chi connectivity index (χ4v) is 2.44. The minimum absolute atomic E-state index is 0.00328. The second-order valence-corrected chi connectivity index (χ2v) is 6.73. The average Bonchev–Trinajstić information content (AvgIpc) is 3.15. The van der Waals surface area contributed by atoms with Gasteiger partial charge in [0.1, 0.15) is 12.2 Å². The number of alkyl halides is 3. The number of hydrogen-bond donors (Lipinski definition) is 2. The summed E-state index contributed by atoms with van der Waals surface area (Å²) in [5, 5.41) is 13.0. The van der Waals surface area contributed by atoms with E-state index in [-0.39, 0.29) is 23.0 Å². The van der Waals surface area contributed by atoms with Gasteiger partial charge in [-0.05, 0) is 25.8 Å². The van der Waals surface area contributed by atoms with Crippen LogP contribution in [0.1, 0.15) is 42.6 Å². The molecular formula is C17H23F3N6O2. The Morgan fingerprint density at radius 3 is 2.50 bits per heavy atom. The van der Waals surface area contributed by atoms with Crippen molar-refractivity contribution in [3.8, 4) is 0 Å². The van der Waals surface area contributed by atoms with Crippen LogP contribution in [0.3, 0.4) is 0 Å². The Labute approximate surface area is 160 Å². The van der Waals surface area contributed by atoms with Gasteiger partial charge in [-0.25, -0.2) is 0 Å². The van der Waals surface area contributed by atoms with Crippen LogP contribution in [-0.4, -0.2) is 37.9 Å². The third kappa shape index (κ3) is 5.33. The number of amides is 2. The molecule has 2 heterocycles. The summed E-state index contributed by atoms with van der Waals surface area (Å²) in [6, 6.07) is 0.868. The molecule has 0 aliphatic rings. The minimum atomic E-state index is -4.63. The maximum atomic E-state index is 13.0. The van der Waals surface area contributed by atoms with Gasteiger partial charge in [0.25, 0.3) is 5.91 Å². The molecule has 2 N–H and O–H groups in total. The number of aryl methyl sites for hydroxylation is 2. The maximum absolute atomic E-state index is 13.0. The molecule has 154 valence electrons. The van der Waals surface area contributed by atoms with E-state index >= 15 is 0 Å².